The fraction of sp³-hybridized carbons (Fsp3) is 0.308. The number of hydrogen-bond acceptors (Lipinski definition) is 6. The quantitative estimate of drug-likeness (QED) is 0.785. The molecule has 114 valence electrons. The van der Waals surface area contributed by atoms with Crippen LogP contribution in [0.25, 0.3) is 10.2 Å². The lowest BCUT2D eigenvalue weighted by Crippen LogP contribution is -2.28. The maximum Gasteiger partial charge on any atom is 0.244 e. The van der Waals surface area contributed by atoms with E-state index in [0.29, 0.717) is 13.1 Å². The molecule has 0 spiro atoms. The Kier molecular flexibility index (Phi) is 3.21. The third-order valence-corrected chi connectivity index (χ3v) is 6.57. The van der Waals surface area contributed by atoms with Crippen molar-refractivity contribution in [2.24, 2.45) is 0 Å². The number of thiophene rings is 1. The molecule has 1 saturated heterocycles. The van der Waals surface area contributed by atoms with E-state index in [4.69, 9.17) is 0 Å². The van der Waals surface area contributed by atoms with Crippen molar-refractivity contribution in [3.63, 3.8) is 0 Å². The van der Waals surface area contributed by atoms with Crippen molar-refractivity contribution in [2.75, 3.05) is 13.1 Å². The van der Waals surface area contributed by atoms with Crippen LogP contribution in [0.5, 0.6) is 0 Å². The molecule has 0 bridgehead atoms. The minimum atomic E-state index is -3.52. The highest BCUT2D eigenvalue weighted by atomic mass is 32.2. The Bertz CT molecular complexity index is 904. The third-order valence-electron chi connectivity index (χ3n) is 3.89. The number of nitrogens with one attached hydrogen (secondary N) is 1. The largest absolute Gasteiger partial charge is 0.263 e. The standard InChI is InChI=1S/C13H13N5O2S2/c19-22(20,10-5-12-11(14-6-10)2-4-21-12)18-3-1-9(7-18)13-15-8-16-17-13/h2,4-6,8-9H,1,3,7H2,(H,15,16,17). The Balaban J connectivity index is 1.63. The zero-order valence-electron chi connectivity index (χ0n) is 11.5. The van der Waals surface area contributed by atoms with Crippen LogP contribution in [0.4, 0.5) is 0 Å². The first-order chi connectivity index (χ1) is 10.6. The van der Waals surface area contributed by atoms with Gasteiger partial charge in [0.05, 0.1) is 10.2 Å². The summed E-state index contributed by atoms with van der Waals surface area (Å²) < 4.78 is 27.9. The molecule has 0 saturated carbocycles. The summed E-state index contributed by atoms with van der Waals surface area (Å²) in [6.07, 6.45) is 3.62. The molecule has 1 atom stereocenters. The van der Waals surface area contributed by atoms with Crippen LogP contribution in [-0.4, -0.2) is 46.0 Å². The monoisotopic (exact) mass is 335 g/mol. The summed E-state index contributed by atoms with van der Waals surface area (Å²) in [5.74, 6) is 0.806. The molecule has 1 unspecified atom stereocenters. The van der Waals surface area contributed by atoms with E-state index in [2.05, 4.69) is 20.2 Å². The summed E-state index contributed by atoms with van der Waals surface area (Å²) in [5.41, 5.74) is 0.824. The first kappa shape index (κ1) is 13.8. The average Bonchev–Trinajstić information content (AvgIpc) is 3.25. The van der Waals surface area contributed by atoms with Gasteiger partial charge in [0.2, 0.25) is 10.0 Å². The van der Waals surface area contributed by atoms with Crippen LogP contribution < -0.4 is 0 Å². The summed E-state index contributed by atoms with van der Waals surface area (Å²) in [7, 11) is -3.52. The van der Waals surface area contributed by atoms with Crippen LogP contribution in [0.2, 0.25) is 0 Å². The summed E-state index contributed by atoms with van der Waals surface area (Å²) >= 11 is 1.49. The Morgan fingerprint density at radius 3 is 3.09 bits per heavy atom. The number of rotatable bonds is 3. The van der Waals surface area contributed by atoms with Gasteiger partial charge >= 0.3 is 0 Å². The Morgan fingerprint density at radius 1 is 1.36 bits per heavy atom. The molecule has 4 rings (SSSR count). The van der Waals surface area contributed by atoms with Crippen molar-refractivity contribution in [1.29, 1.82) is 0 Å². The number of aromatic amines is 1. The number of pyridine rings is 1. The Labute approximate surface area is 131 Å². The van der Waals surface area contributed by atoms with E-state index in [9.17, 15) is 8.42 Å². The predicted octanol–water partition coefficient (Wildman–Crippen LogP) is 1.59. The van der Waals surface area contributed by atoms with Gasteiger partial charge in [0, 0.05) is 25.2 Å². The van der Waals surface area contributed by atoms with Gasteiger partial charge in [-0.1, -0.05) is 0 Å². The zero-order valence-corrected chi connectivity index (χ0v) is 13.1. The average molecular weight is 335 g/mol. The summed E-state index contributed by atoms with van der Waals surface area (Å²) in [4.78, 5) is 8.60. The number of nitrogens with zero attached hydrogens (tertiary/aromatic N) is 4. The fourth-order valence-corrected chi connectivity index (χ4v) is 5.03. The SMILES string of the molecule is O=S(=O)(c1cnc2ccsc2c1)N1CCC(c2ncn[nH]2)C1. The molecule has 1 fully saturated rings. The van der Waals surface area contributed by atoms with Crippen LogP contribution >= 0.6 is 11.3 Å². The topological polar surface area (TPSA) is 91.8 Å². The van der Waals surface area contributed by atoms with Crippen molar-refractivity contribution in [2.45, 2.75) is 17.2 Å². The first-order valence-electron chi connectivity index (χ1n) is 6.83. The summed E-state index contributed by atoms with van der Waals surface area (Å²) in [5, 5.41) is 8.55. The lowest BCUT2D eigenvalue weighted by atomic mass is 10.1. The summed E-state index contributed by atoms with van der Waals surface area (Å²) in [6, 6.07) is 3.58. The van der Waals surface area contributed by atoms with E-state index in [1.807, 2.05) is 11.4 Å². The van der Waals surface area contributed by atoms with Crippen molar-refractivity contribution < 1.29 is 8.42 Å². The molecule has 9 heteroatoms. The lowest BCUT2D eigenvalue weighted by molar-refractivity contribution is 0.471. The van der Waals surface area contributed by atoms with E-state index in [1.165, 1.54) is 28.2 Å². The summed E-state index contributed by atoms with van der Waals surface area (Å²) in [6.45, 7) is 0.899. The van der Waals surface area contributed by atoms with Crippen LogP contribution in [0, 0.1) is 0 Å². The molecule has 1 aliphatic rings. The second kappa shape index (κ2) is 5.11. The molecule has 22 heavy (non-hydrogen) atoms. The lowest BCUT2D eigenvalue weighted by Gasteiger charge is -2.16. The van der Waals surface area contributed by atoms with Gasteiger partial charge in [-0.25, -0.2) is 13.4 Å². The smallest absolute Gasteiger partial charge is 0.244 e. The molecule has 1 N–H and O–H groups in total. The normalized spacial score (nSPS) is 19.9. The number of aromatic nitrogens is 4. The highest BCUT2D eigenvalue weighted by molar-refractivity contribution is 7.89. The molecule has 0 aromatic carbocycles. The van der Waals surface area contributed by atoms with Gasteiger partial charge in [-0.2, -0.15) is 9.40 Å². The van der Waals surface area contributed by atoms with Crippen LogP contribution in [-0.2, 0) is 10.0 Å². The van der Waals surface area contributed by atoms with E-state index < -0.39 is 10.0 Å². The van der Waals surface area contributed by atoms with Crippen LogP contribution in [0.3, 0.4) is 0 Å². The fourth-order valence-electron chi connectivity index (χ4n) is 2.70. The second-order valence-electron chi connectivity index (χ2n) is 5.19. The van der Waals surface area contributed by atoms with Crippen molar-refractivity contribution in [3.8, 4) is 0 Å². The molecule has 3 aromatic heterocycles. The first-order valence-corrected chi connectivity index (χ1v) is 9.15. The van der Waals surface area contributed by atoms with E-state index >= 15 is 0 Å². The van der Waals surface area contributed by atoms with Gasteiger partial charge in [-0.3, -0.25) is 10.1 Å². The third kappa shape index (κ3) is 2.21. The number of H-pyrrole nitrogens is 1. The Hall–Kier alpha value is -1.84. The molecular formula is C13H13N5O2S2. The molecule has 0 radical (unpaired) electrons. The molecule has 4 heterocycles. The molecule has 0 amide bonds. The van der Waals surface area contributed by atoms with Gasteiger partial charge in [0.25, 0.3) is 0 Å². The van der Waals surface area contributed by atoms with Gasteiger partial charge < -0.3 is 0 Å². The number of sulfonamides is 1. The van der Waals surface area contributed by atoms with Crippen LogP contribution in [0.1, 0.15) is 18.2 Å². The number of hydrogen-bond donors (Lipinski definition) is 1. The molecule has 7 nitrogen and oxygen atoms in total. The maximum atomic E-state index is 12.8. The van der Waals surface area contributed by atoms with Gasteiger partial charge in [-0.15, -0.1) is 11.3 Å². The second-order valence-corrected chi connectivity index (χ2v) is 8.08. The highest BCUT2D eigenvalue weighted by Gasteiger charge is 2.34. The van der Waals surface area contributed by atoms with Crippen LogP contribution in [0.15, 0.2) is 34.9 Å². The van der Waals surface area contributed by atoms with Crippen molar-refractivity contribution in [3.05, 3.63) is 35.9 Å². The maximum absolute atomic E-state index is 12.8. The van der Waals surface area contributed by atoms with Crippen molar-refractivity contribution >= 4 is 31.6 Å². The van der Waals surface area contributed by atoms with Gasteiger partial charge in [-0.05, 0) is 23.9 Å². The predicted molar refractivity (Wildman–Crippen MR) is 82.1 cm³/mol. The minimum Gasteiger partial charge on any atom is -0.263 e. The van der Waals surface area contributed by atoms with E-state index in [-0.39, 0.29) is 10.8 Å². The molecule has 1 aliphatic heterocycles. The van der Waals surface area contributed by atoms with E-state index in [0.717, 1.165) is 22.5 Å². The van der Waals surface area contributed by atoms with Gasteiger partial charge in [0.1, 0.15) is 17.0 Å². The molecule has 0 aliphatic carbocycles. The van der Waals surface area contributed by atoms with Gasteiger partial charge in [0.15, 0.2) is 0 Å². The highest BCUT2D eigenvalue weighted by Crippen LogP contribution is 2.30. The van der Waals surface area contributed by atoms with E-state index in [1.54, 1.807) is 6.07 Å². The van der Waals surface area contributed by atoms with Crippen molar-refractivity contribution in [1.82, 2.24) is 24.5 Å². The zero-order chi connectivity index (χ0) is 15.2. The Morgan fingerprint density at radius 2 is 2.27 bits per heavy atom. The number of fused-ring (bicyclic) bond motifs is 1. The molecule has 3 aromatic rings. The molecular weight excluding hydrogens is 322 g/mol. The minimum absolute atomic E-state index is 0.0655.